The fraction of sp³-hybridized carbons (Fsp3) is 0.250. The van der Waals surface area contributed by atoms with E-state index >= 15 is 0 Å². The van der Waals surface area contributed by atoms with E-state index in [1.165, 1.54) is 10.8 Å². The van der Waals surface area contributed by atoms with Crippen LogP contribution in [0.3, 0.4) is 0 Å². The summed E-state index contributed by atoms with van der Waals surface area (Å²) >= 11 is 0. The summed E-state index contributed by atoms with van der Waals surface area (Å²) in [5.41, 5.74) is 1.14. The largest absolute Gasteiger partial charge is 0.466 e. The van der Waals surface area contributed by atoms with Crippen molar-refractivity contribution in [2.75, 3.05) is 6.61 Å². The fourth-order valence-corrected chi connectivity index (χ4v) is 2.08. The smallest absolute Gasteiger partial charge is 0.309 e. The second-order valence-electron chi connectivity index (χ2n) is 4.29. The molecule has 0 amide bonds. The van der Waals surface area contributed by atoms with Gasteiger partial charge in [-0.2, -0.15) is 0 Å². The molecule has 0 fully saturated rings. The zero-order valence-electron chi connectivity index (χ0n) is 10.6. The topological polar surface area (TPSA) is 26.3 Å². The minimum atomic E-state index is -0.351. The van der Waals surface area contributed by atoms with Gasteiger partial charge in [0.15, 0.2) is 0 Å². The monoisotopic (exact) mass is 241 g/mol. The zero-order valence-corrected chi connectivity index (χ0v) is 10.6. The first kappa shape index (κ1) is 12.6. The van der Waals surface area contributed by atoms with Gasteiger partial charge in [-0.3, -0.25) is 4.79 Å². The summed E-state index contributed by atoms with van der Waals surface area (Å²) in [6.45, 7) is 6.10. The zero-order chi connectivity index (χ0) is 13.0. The van der Waals surface area contributed by atoms with Gasteiger partial charge in [0.25, 0.3) is 0 Å². The lowest BCUT2D eigenvalue weighted by atomic mass is 9.96. The molecule has 0 aliphatic heterocycles. The van der Waals surface area contributed by atoms with E-state index in [0.29, 0.717) is 13.0 Å². The Kier molecular flexibility index (Phi) is 3.98. The van der Waals surface area contributed by atoms with Gasteiger partial charge in [0.05, 0.1) is 12.5 Å². The van der Waals surface area contributed by atoms with Crippen LogP contribution in [0, 0.1) is 12.8 Å². The van der Waals surface area contributed by atoms with Crippen molar-refractivity contribution < 1.29 is 9.53 Å². The van der Waals surface area contributed by atoms with Crippen LogP contribution in [0.5, 0.6) is 0 Å². The van der Waals surface area contributed by atoms with Crippen molar-refractivity contribution in [1.29, 1.82) is 0 Å². The van der Waals surface area contributed by atoms with E-state index < -0.39 is 0 Å². The quantitative estimate of drug-likeness (QED) is 0.767. The van der Waals surface area contributed by atoms with Gasteiger partial charge in [-0.1, -0.05) is 42.5 Å². The van der Waals surface area contributed by atoms with E-state index in [1.807, 2.05) is 31.2 Å². The molecular formula is C16H17O2. The molecule has 0 bridgehead atoms. The summed E-state index contributed by atoms with van der Waals surface area (Å²) < 4.78 is 4.99. The molecule has 93 valence electrons. The Labute approximate surface area is 108 Å². The highest BCUT2D eigenvalue weighted by atomic mass is 16.5. The van der Waals surface area contributed by atoms with Gasteiger partial charge >= 0.3 is 5.97 Å². The molecule has 0 aromatic heterocycles. The summed E-state index contributed by atoms with van der Waals surface area (Å²) in [4.78, 5) is 11.6. The number of benzene rings is 2. The molecular weight excluding hydrogens is 224 g/mol. The van der Waals surface area contributed by atoms with Crippen LogP contribution in [-0.4, -0.2) is 12.6 Å². The molecule has 0 heterocycles. The molecule has 2 rings (SSSR count). The predicted octanol–water partition coefficient (Wildman–Crippen LogP) is 3.40. The van der Waals surface area contributed by atoms with Crippen LogP contribution in [0.2, 0.25) is 0 Å². The number of ether oxygens (including phenoxy) is 1. The summed E-state index contributed by atoms with van der Waals surface area (Å²) in [6, 6.07) is 14.3. The maximum absolute atomic E-state index is 11.6. The van der Waals surface area contributed by atoms with Crippen LogP contribution < -0.4 is 0 Å². The third-order valence-electron chi connectivity index (χ3n) is 2.97. The molecule has 1 atom stereocenters. The third kappa shape index (κ3) is 2.70. The highest BCUT2D eigenvalue weighted by Gasteiger charge is 2.15. The SMILES string of the molecule is [CH2]C(Cc1cccc2ccccc12)C(=O)OCC. The average molecular weight is 241 g/mol. The Morgan fingerprint density at radius 2 is 1.94 bits per heavy atom. The minimum absolute atomic E-state index is 0.231. The van der Waals surface area contributed by atoms with Crippen LogP contribution in [-0.2, 0) is 16.0 Å². The summed E-state index contributed by atoms with van der Waals surface area (Å²) in [7, 11) is 0. The molecule has 0 saturated carbocycles. The number of rotatable bonds is 4. The van der Waals surface area contributed by atoms with Gasteiger partial charge in [-0.25, -0.2) is 0 Å². The van der Waals surface area contributed by atoms with E-state index in [1.54, 1.807) is 0 Å². The molecule has 1 unspecified atom stereocenters. The lowest BCUT2D eigenvalue weighted by Crippen LogP contribution is -2.17. The molecule has 0 aliphatic carbocycles. The van der Waals surface area contributed by atoms with E-state index in [2.05, 4.69) is 25.1 Å². The van der Waals surface area contributed by atoms with Crippen molar-refractivity contribution in [3.05, 3.63) is 55.0 Å². The number of esters is 1. The van der Waals surface area contributed by atoms with Crippen LogP contribution in [0.15, 0.2) is 42.5 Å². The van der Waals surface area contributed by atoms with E-state index in [-0.39, 0.29) is 11.9 Å². The van der Waals surface area contributed by atoms with Gasteiger partial charge in [0.1, 0.15) is 0 Å². The predicted molar refractivity (Wildman–Crippen MR) is 73.1 cm³/mol. The van der Waals surface area contributed by atoms with Crippen molar-refractivity contribution in [3.63, 3.8) is 0 Å². The number of fused-ring (bicyclic) bond motifs is 1. The van der Waals surface area contributed by atoms with Gasteiger partial charge in [0, 0.05) is 0 Å². The van der Waals surface area contributed by atoms with Crippen molar-refractivity contribution in [2.45, 2.75) is 13.3 Å². The summed E-state index contributed by atoms with van der Waals surface area (Å²) in [5.74, 6) is -0.582. The third-order valence-corrected chi connectivity index (χ3v) is 2.97. The fourth-order valence-electron chi connectivity index (χ4n) is 2.08. The molecule has 0 spiro atoms. The van der Waals surface area contributed by atoms with Gasteiger partial charge < -0.3 is 4.74 Å². The Morgan fingerprint density at radius 3 is 2.72 bits per heavy atom. The van der Waals surface area contributed by atoms with E-state index in [9.17, 15) is 4.79 Å². The Morgan fingerprint density at radius 1 is 1.22 bits per heavy atom. The standard InChI is InChI=1S/C16H17O2/c1-3-18-16(17)12(2)11-14-9-6-8-13-7-4-5-10-15(13)14/h4-10,12H,2-3,11H2,1H3. The second kappa shape index (κ2) is 5.67. The number of carbonyl (C=O) groups excluding carboxylic acids is 1. The molecule has 2 heteroatoms. The Hall–Kier alpha value is -1.83. The van der Waals surface area contributed by atoms with E-state index in [0.717, 1.165) is 5.56 Å². The normalized spacial score (nSPS) is 12.3. The van der Waals surface area contributed by atoms with E-state index in [4.69, 9.17) is 4.74 Å². The van der Waals surface area contributed by atoms with Crippen molar-refractivity contribution >= 4 is 16.7 Å². The first-order valence-corrected chi connectivity index (χ1v) is 6.18. The molecule has 0 aliphatic rings. The maximum atomic E-state index is 11.6. The maximum Gasteiger partial charge on any atom is 0.309 e. The lowest BCUT2D eigenvalue weighted by Gasteiger charge is -2.12. The highest BCUT2D eigenvalue weighted by molar-refractivity contribution is 5.86. The number of hydrogen-bond acceptors (Lipinski definition) is 2. The minimum Gasteiger partial charge on any atom is -0.466 e. The Balaban J connectivity index is 2.24. The van der Waals surface area contributed by atoms with Crippen molar-refractivity contribution in [1.82, 2.24) is 0 Å². The molecule has 2 aromatic rings. The number of carbonyl (C=O) groups is 1. The van der Waals surface area contributed by atoms with Crippen LogP contribution >= 0.6 is 0 Å². The average Bonchev–Trinajstić information content (AvgIpc) is 2.39. The molecule has 2 aromatic carbocycles. The summed E-state index contributed by atoms with van der Waals surface area (Å²) in [6.07, 6.45) is 0.611. The molecule has 1 radical (unpaired) electrons. The highest BCUT2D eigenvalue weighted by Crippen LogP contribution is 2.21. The van der Waals surface area contributed by atoms with Gasteiger partial charge in [-0.15, -0.1) is 0 Å². The van der Waals surface area contributed by atoms with Gasteiger partial charge in [-0.05, 0) is 36.6 Å². The Bertz CT molecular complexity index is 540. The van der Waals surface area contributed by atoms with Crippen molar-refractivity contribution in [2.24, 2.45) is 5.92 Å². The van der Waals surface area contributed by atoms with Crippen molar-refractivity contribution in [3.8, 4) is 0 Å². The van der Waals surface area contributed by atoms with Crippen LogP contribution in [0.1, 0.15) is 12.5 Å². The second-order valence-corrected chi connectivity index (χ2v) is 4.29. The molecule has 0 N–H and O–H groups in total. The first-order chi connectivity index (χ1) is 8.72. The van der Waals surface area contributed by atoms with Gasteiger partial charge in [0.2, 0.25) is 0 Å². The summed E-state index contributed by atoms with van der Waals surface area (Å²) in [5, 5.41) is 2.36. The molecule has 2 nitrogen and oxygen atoms in total. The van der Waals surface area contributed by atoms with Crippen LogP contribution in [0.25, 0.3) is 10.8 Å². The number of hydrogen-bond donors (Lipinski definition) is 0. The van der Waals surface area contributed by atoms with Crippen LogP contribution in [0.4, 0.5) is 0 Å². The lowest BCUT2D eigenvalue weighted by molar-refractivity contribution is -0.146. The molecule has 0 saturated heterocycles. The first-order valence-electron chi connectivity index (χ1n) is 6.18. The molecule has 18 heavy (non-hydrogen) atoms.